The molecule has 0 radical (unpaired) electrons. The van der Waals surface area contributed by atoms with Gasteiger partial charge >= 0.3 is 6.08 Å². The van der Waals surface area contributed by atoms with Gasteiger partial charge in [0, 0.05) is 18.6 Å². The highest BCUT2D eigenvalue weighted by atomic mass is 19.1. The summed E-state index contributed by atoms with van der Waals surface area (Å²) >= 11 is 0. The number of rotatable bonds is 8. The molecule has 160 valence electrons. The second-order valence-corrected chi connectivity index (χ2v) is 8.66. The van der Waals surface area contributed by atoms with Gasteiger partial charge in [0.2, 0.25) is 5.89 Å². The predicted molar refractivity (Wildman–Crippen MR) is 105 cm³/mol. The van der Waals surface area contributed by atoms with E-state index in [9.17, 15) is 13.6 Å². The van der Waals surface area contributed by atoms with Gasteiger partial charge in [0.05, 0.1) is 5.41 Å². The molecule has 0 aliphatic heterocycles. The van der Waals surface area contributed by atoms with Gasteiger partial charge in [0.25, 0.3) is 0 Å². The van der Waals surface area contributed by atoms with Crippen molar-refractivity contribution in [1.82, 2.24) is 10.2 Å². The molecular formula is C23H20F2N2O4. The number of hydrogen-bond donors (Lipinski definition) is 0. The molecule has 0 saturated heterocycles. The normalized spacial score (nSPS) is 23.6. The summed E-state index contributed by atoms with van der Waals surface area (Å²) in [5.74, 6) is 0.325. The molecule has 0 amide bonds. The molecule has 31 heavy (non-hydrogen) atoms. The molecule has 1 aromatic heterocycles. The molecule has 0 atom stereocenters. The average Bonchev–Trinajstić information content (AvgIpc) is 3.12. The molecule has 0 N–H and O–H groups in total. The highest BCUT2D eigenvalue weighted by Gasteiger charge is 2.71. The number of Topliss-reactive ketones (excluding diaryl/α,β-unsaturated/α-hetero) is 1. The first-order valence-corrected chi connectivity index (χ1v) is 10.0. The SMILES string of the molecule is Cc1ccc(OCC(=O)CC23CC(c4nnc(Oc5cccc(F)c5)o4)(C2)C3)cc1F. The minimum atomic E-state index is -0.417. The molecule has 8 heteroatoms. The molecule has 3 aliphatic rings. The van der Waals surface area contributed by atoms with Crippen LogP contribution in [-0.2, 0) is 10.2 Å². The number of aryl methyl sites for hydroxylation is 1. The van der Waals surface area contributed by atoms with Gasteiger partial charge in [0.1, 0.15) is 29.7 Å². The van der Waals surface area contributed by atoms with Crippen molar-refractivity contribution in [3.05, 3.63) is 65.6 Å². The van der Waals surface area contributed by atoms with Gasteiger partial charge in [-0.2, -0.15) is 0 Å². The van der Waals surface area contributed by atoms with Gasteiger partial charge in [-0.25, -0.2) is 8.78 Å². The molecule has 3 aliphatic carbocycles. The fraction of sp³-hybridized carbons (Fsp3) is 0.348. The molecule has 3 saturated carbocycles. The first kappa shape index (κ1) is 19.7. The standard InChI is InChI=1S/C23H20F2N2O4/c1-14-5-6-17(8-19(14)25)29-10-16(28)9-22-11-23(12-22,13-22)20-26-27-21(31-20)30-18-4-2-3-15(24)7-18/h2-8H,9-13H2,1H3. The fourth-order valence-electron chi connectivity index (χ4n) is 4.81. The van der Waals surface area contributed by atoms with Crippen molar-refractivity contribution in [3.63, 3.8) is 0 Å². The van der Waals surface area contributed by atoms with E-state index in [0.717, 1.165) is 19.3 Å². The summed E-state index contributed by atoms with van der Waals surface area (Å²) in [6, 6.07) is 10.2. The van der Waals surface area contributed by atoms with Crippen LogP contribution in [0, 0.1) is 24.0 Å². The Labute approximate surface area is 177 Å². The highest BCUT2D eigenvalue weighted by Crippen LogP contribution is 2.74. The van der Waals surface area contributed by atoms with Crippen LogP contribution in [0.25, 0.3) is 0 Å². The van der Waals surface area contributed by atoms with E-state index in [4.69, 9.17) is 13.9 Å². The Balaban J connectivity index is 1.13. The Hall–Kier alpha value is -3.29. The van der Waals surface area contributed by atoms with Crippen LogP contribution in [0.2, 0.25) is 0 Å². The molecule has 3 aromatic rings. The summed E-state index contributed by atoms with van der Waals surface area (Å²) in [5.41, 5.74) is 0.262. The van der Waals surface area contributed by atoms with Crippen LogP contribution in [-0.4, -0.2) is 22.6 Å². The largest absolute Gasteiger partial charge is 0.486 e. The van der Waals surface area contributed by atoms with Crippen LogP contribution in [0.4, 0.5) is 8.78 Å². The second-order valence-electron chi connectivity index (χ2n) is 8.66. The minimum Gasteiger partial charge on any atom is -0.486 e. The minimum absolute atomic E-state index is 0.0186. The molecular weight excluding hydrogens is 406 g/mol. The Morgan fingerprint density at radius 3 is 2.65 bits per heavy atom. The lowest BCUT2D eigenvalue weighted by Crippen LogP contribution is -2.65. The quantitative estimate of drug-likeness (QED) is 0.510. The maximum Gasteiger partial charge on any atom is 0.420 e. The Kier molecular flexibility index (Phi) is 4.53. The van der Waals surface area contributed by atoms with Gasteiger partial charge in [-0.15, -0.1) is 5.10 Å². The van der Waals surface area contributed by atoms with Crippen LogP contribution in [0.5, 0.6) is 17.6 Å². The molecule has 2 aromatic carbocycles. The topological polar surface area (TPSA) is 74.5 Å². The first-order valence-electron chi connectivity index (χ1n) is 10.0. The summed E-state index contributed by atoms with van der Waals surface area (Å²) in [6.45, 7) is 1.59. The molecule has 0 spiro atoms. The third-order valence-corrected chi connectivity index (χ3v) is 6.12. The van der Waals surface area contributed by atoms with E-state index in [1.165, 1.54) is 24.3 Å². The molecule has 0 unspecified atom stereocenters. The third-order valence-electron chi connectivity index (χ3n) is 6.12. The third kappa shape index (κ3) is 3.66. The van der Waals surface area contributed by atoms with Crippen molar-refractivity contribution in [1.29, 1.82) is 0 Å². The average molecular weight is 426 g/mol. The Morgan fingerprint density at radius 2 is 1.90 bits per heavy atom. The van der Waals surface area contributed by atoms with Crippen LogP contribution in [0.1, 0.15) is 37.1 Å². The summed E-state index contributed by atoms with van der Waals surface area (Å²) in [6.07, 6.45) is 2.73. The van der Waals surface area contributed by atoms with Crippen LogP contribution < -0.4 is 9.47 Å². The maximum absolute atomic E-state index is 13.6. The number of nitrogens with zero attached hydrogens (tertiary/aromatic N) is 2. The Bertz CT molecular complexity index is 1140. The lowest BCUT2D eigenvalue weighted by atomic mass is 9.34. The molecule has 2 bridgehead atoms. The zero-order valence-electron chi connectivity index (χ0n) is 16.9. The zero-order chi connectivity index (χ0) is 21.6. The van der Waals surface area contributed by atoms with Crippen molar-refractivity contribution < 1.29 is 27.5 Å². The number of carbonyl (C=O) groups is 1. The van der Waals surface area contributed by atoms with E-state index in [1.54, 1.807) is 25.1 Å². The van der Waals surface area contributed by atoms with E-state index in [-0.39, 0.29) is 40.9 Å². The van der Waals surface area contributed by atoms with E-state index in [1.807, 2.05) is 0 Å². The van der Waals surface area contributed by atoms with Gasteiger partial charge in [0.15, 0.2) is 5.78 Å². The van der Waals surface area contributed by atoms with Crippen molar-refractivity contribution in [2.24, 2.45) is 5.41 Å². The fourth-order valence-corrected chi connectivity index (χ4v) is 4.81. The second kappa shape index (κ2) is 7.14. The highest BCUT2D eigenvalue weighted by molar-refractivity contribution is 5.81. The lowest BCUT2D eigenvalue weighted by molar-refractivity contribution is -0.168. The summed E-state index contributed by atoms with van der Waals surface area (Å²) in [5, 5.41) is 7.98. The van der Waals surface area contributed by atoms with Crippen molar-refractivity contribution in [2.75, 3.05) is 6.61 Å². The zero-order valence-corrected chi connectivity index (χ0v) is 16.9. The van der Waals surface area contributed by atoms with E-state index >= 15 is 0 Å². The molecule has 1 heterocycles. The van der Waals surface area contributed by atoms with Gasteiger partial charge in [-0.05, 0) is 55.4 Å². The van der Waals surface area contributed by atoms with Crippen LogP contribution in [0.3, 0.4) is 0 Å². The smallest absolute Gasteiger partial charge is 0.420 e. The number of benzene rings is 2. The van der Waals surface area contributed by atoms with E-state index in [0.29, 0.717) is 23.6 Å². The first-order chi connectivity index (χ1) is 14.8. The molecule has 3 fully saturated rings. The number of ketones is 1. The van der Waals surface area contributed by atoms with Gasteiger partial charge in [-0.1, -0.05) is 17.2 Å². The van der Waals surface area contributed by atoms with E-state index in [2.05, 4.69) is 10.2 Å². The van der Waals surface area contributed by atoms with Crippen molar-refractivity contribution in [3.8, 4) is 17.6 Å². The van der Waals surface area contributed by atoms with Gasteiger partial charge in [-0.3, -0.25) is 4.79 Å². The predicted octanol–water partition coefficient (Wildman–Crippen LogP) is 4.91. The van der Waals surface area contributed by atoms with Crippen LogP contribution >= 0.6 is 0 Å². The summed E-state index contributed by atoms with van der Waals surface area (Å²) in [4.78, 5) is 12.4. The summed E-state index contributed by atoms with van der Waals surface area (Å²) < 4.78 is 43.3. The molecule has 6 rings (SSSR count). The number of ether oxygens (including phenoxy) is 2. The monoisotopic (exact) mass is 426 g/mol. The Morgan fingerprint density at radius 1 is 1.10 bits per heavy atom. The molecule has 6 nitrogen and oxygen atoms in total. The maximum atomic E-state index is 13.6. The number of hydrogen-bond acceptors (Lipinski definition) is 6. The van der Waals surface area contributed by atoms with Crippen molar-refractivity contribution >= 4 is 5.78 Å². The lowest BCUT2D eigenvalue weighted by Gasteiger charge is -2.68. The van der Waals surface area contributed by atoms with Crippen molar-refractivity contribution in [2.45, 2.75) is 38.0 Å². The number of halogens is 2. The van der Waals surface area contributed by atoms with Gasteiger partial charge < -0.3 is 13.9 Å². The van der Waals surface area contributed by atoms with Crippen LogP contribution in [0.15, 0.2) is 46.9 Å². The van der Waals surface area contributed by atoms with E-state index < -0.39 is 5.82 Å². The number of carbonyl (C=O) groups excluding carboxylic acids is 1. The number of aromatic nitrogens is 2. The summed E-state index contributed by atoms with van der Waals surface area (Å²) in [7, 11) is 0.